The number of H-pyrrole nitrogens is 1. The summed E-state index contributed by atoms with van der Waals surface area (Å²) in [6.45, 7) is 2.56. The standard InChI is InChI=1S/C22H22N2O5/c1-13-8-9-17(29-13)19-18(21(26)22(27)24(19)10-5-11-28-2)20(25)15-12-23-16-7-4-3-6-14(15)16/h3-4,6-9,12,19,23,25H,5,10-11H2,1-2H3/b20-18-. The molecule has 150 valence electrons. The first-order chi connectivity index (χ1) is 14.0. The molecule has 7 nitrogen and oxygen atoms in total. The Morgan fingerprint density at radius 2 is 2.03 bits per heavy atom. The summed E-state index contributed by atoms with van der Waals surface area (Å²) >= 11 is 0. The molecule has 1 amide bonds. The van der Waals surface area contributed by atoms with Gasteiger partial charge in [0.25, 0.3) is 11.7 Å². The molecule has 1 unspecified atom stereocenters. The number of aliphatic hydroxyl groups excluding tert-OH is 1. The highest BCUT2D eigenvalue weighted by atomic mass is 16.5. The average Bonchev–Trinajstić information content (AvgIpc) is 3.40. The molecular formula is C22H22N2O5. The number of fused-ring (bicyclic) bond motifs is 1. The van der Waals surface area contributed by atoms with Gasteiger partial charge in [0.2, 0.25) is 0 Å². The maximum absolute atomic E-state index is 12.9. The smallest absolute Gasteiger partial charge is 0.295 e. The van der Waals surface area contributed by atoms with Crippen LogP contribution in [0.2, 0.25) is 0 Å². The second-order valence-electron chi connectivity index (χ2n) is 7.04. The number of nitrogens with zero attached hydrogens (tertiary/aromatic N) is 1. The van der Waals surface area contributed by atoms with Crippen LogP contribution in [0.5, 0.6) is 0 Å². The van der Waals surface area contributed by atoms with Crippen LogP contribution in [0.1, 0.15) is 29.5 Å². The number of nitrogens with one attached hydrogen (secondary N) is 1. The SMILES string of the molecule is COCCCN1C(=O)C(=O)/C(=C(\O)c2c[nH]c3ccccc23)C1c1ccc(C)o1. The first kappa shape index (κ1) is 19.0. The number of carbonyl (C=O) groups is 2. The molecule has 1 fully saturated rings. The van der Waals surface area contributed by atoms with Crippen molar-refractivity contribution in [1.82, 2.24) is 9.88 Å². The van der Waals surface area contributed by atoms with Crippen LogP contribution >= 0.6 is 0 Å². The molecule has 0 saturated carbocycles. The van der Waals surface area contributed by atoms with Crippen LogP contribution in [-0.4, -0.2) is 46.9 Å². The number of likely N-dealkylation sites (tertiary alicyclic amines) is 1. The molecule has 0 spiro atoms. The number of para-hydroxylation sites is 1. The van der Waals surface area contributed by atoms with E-state index in [1.165, 1.54) is 4.90 Å². The molecule has 0 radical (unpaired) electrons. The van der Waals surface area contributed by atoms with Crippen LogP contribution < -0.4 is 0 Å². The third-order valence-electron chi connectivity index (χ3n) is 5.16. The number of hydrogen-bond acceptors (Lipinski definition) is 5. The summed E-state index contributed by atoms with van der Waals surface area (Å²) in [6.07, 6.45) is 2.20. The lowest BCUT2D eigenvalue weighted by atomic mass is 9.99. The average molecular weight is 394 g/mol. The predicted molar refractivity (Wildman–Crippen MR) is 107 cm³/mol. The van der Waals surface area contributed by atoms with E-state index in [0.717, 1.165) is 10.9 Å². The number of furan rings is 1. The lowest BCUT2D eigenvalue weighted by Gasteiger charge is -2.23. The molecule has 1 aliphatic rings. The maximum Gasteiger partial charge on any atom is 0.295 e. The Hall–Kier alpha value is -3.32. The van der Waals surface area contributed by atoms with Crippen molar-refractivity contribution in [1.29, 1.82) is 0 Å². The molecule has 1 atom stereocenters. The normalized spacial score (nSPS) is 18.8. The third-order valence-corrected chi connectivity index (χ3v) is 5.16. The number of hydrogen-bond donors (Lipinski definition) is 2. The molecular weight excluding hydrogens is 372 g/mol. The second kappa shape index (κ2) is 7.60. The van der Waals surface area contributed by atoms with E-state index in [1.807, 2.05) is 24.3 Å². The van der Waals surface area contributed by atoms with E-state index in [9.17, 15) is 14.7 Å². The minimum absolute atomic E-state index is 0.0338. The Balaban J connectivity index is 1.85. The van der Waals surface area contributed by atoms with Crippen molar-refractivity contribution >= 4 is 28.4 Å². The van der Waals surface area contributed by atoms with E-state index in [4.69, 9.17) is 9.15 Å². The van der Waals surface area contributed by atoms with E-state index in [2.05, 4.69) is 4.98 Å². The largest absolute Gasteiger partial charge is 0.507 e. The number of methoxy groups -OCH3 is 1. The first-order valence-electron chi connectivity index (χ1n) is 9.43. The number of benzene rings is 1. The molecule has 0 aliphatic carbocycles. The molecule has 2 aromatic heterocycles. The Morgan fingerprint density at radius 1 is 1.24 bits per heavy atom. The Kier molecular flexibility index (Phi) is 4.98. The second-order valence-corrected chi connectivity index (χ2v) is 7.04. The highest BCUT2D eigenvalue weighted by Gasteiger charge is 2.47. The number of amides is 1. The molecule has 1 saturated heterocycles. The van der Waals surface area contributed by atoms with Gasteiger partial charge < -0.3 is 24.1 Å². The van der Waals surface area contributed by atoms with Crippen LogP contribution in [0.15, 0.2) is 52.6 Å². The molecule has 29 heavy (non-hydrogen) atoms. The zero-order chi connectivity index (χ0) is 20.5. The van der Waals surface area contributed by atoms with Gasteiger partial charge in [0.15, 0.2) is 0 Å². The van der Waals surface area contributed by atoms with Gasteiger partial charge in [-0.15, -0.1) is 0 Å². The Bertz CT molecular complexity index is 1110. The number of aryl methyl sites for hydroxylation is 1. The number of aromatic nitrogens is 1. The minimum atomic E-state index is -0.783. The molecule has 0 bridgehead atoms. The lowest BCUT2D eigenvalue weighted by molar-refractivity contribution is -0.140. The van der Waals surface area contributed by atoms with Crippen molar-refractivity contribution < 1.29 is 23.8 Å². The topological polar surface area (TPSA) is 95.8 Å². The number of ketones is 1. The lowest BCUT2D eigenvalue weighted by Crippen LogP contribution is -2.31. The van der Waals surface area contributed by atoms with Crippen molar-refractivity contribution in [3.8, 4) is 0 Å². The number of carbonyl (C=O) groups excluding carboxylic acids is 2. The maximum atomic E-state index is 12.9. The number of Topliss-reactive ketones (excluding diaryl/α,β-unsaturated/α-hetero) is 1. The quantitative estimate of drug-likeness (QED) is 0.289. The number of aromatic amines is 1. The molecule has 1 aliphatic heterocycles. The Labute approximate surface area is 167 Å². The molecule has 7 heteroatoms. The predicted octanol–water partition coefficient (Wildman–Crippen LogP) is 3.53. The molecule has 2 N–H and O–H groups in total. The van der Waals surface area contributed by atoms with Crippen molar-refractivity contribution in [2.45, 2.75) is 19.4 Å². The van der Waals surface area contributed by atoms with E-state index in [-0.39, 0.29) is 11.3 Å². The highest BCUT2D eigenvalue weighted by molar-refractivity contribution is 6.46. The van der Waals surface area contributed by atoms with Crippen LogP contribution in [0.3, 0.4) is 0 Å². The van der Waals surface area contributed by atoms with Crippen LogP contribution in [0.4, 0.5) is 0 Å². The van der Waals surface area contributed by atoms with E-state index < -0.39 is 17.7 Å². The van der Waals surface area contributed by atoms with Gasteiger partial charge >= 0.3 is 0 Å². The summed E-state index contributed by atoms with van der Waals surface area (Å²) < 4.78 is 10.8. The van der Waals surface area contributed by atoms with Gasteiger partial charge in [0, 0.05) is 42.9 Å². The molecule has 1 aromatic carbocycles. The summed E-state index contributed by atoms with van der Waals surface area (Å²) in [5.41, 5.74) is 1.34. The van der Waals surface area contributed by atoms with E-state index in [0.29, 0.717) is 36.7 Å². The van der Waals surface area contributed by atoms with Gasteiger partial charge in [0.1, 0.15) is 23.3 Å². The number of ether oxygens (including phenoxy) is 1. The third kappa shape index (κ3) is 3.23. The monoisotopic (exact) mass is 394 g/mol. The zero-order valence-corrected chi connectivity index (χ0v) is 16.3. The van der Waals surface area contributed by atoms with E-state index >= 15 is 0 Å². The van der Waals surface area contributed by atoms with Crippen molar-refractivity contribution in [2.24, 2.45) is 0 Å². The Morgan fingerprint density at radius 3 is 2.76 bits per heavy atom. The summed E-state index contributed by atoms with van der Waals surface area (Å²) in [5, 5.41) is 11.9. The summed E-state index contributed by atoms with van der Waals surface area (Å²) in [7, 11) is 1.58. The summed E-state index contributed by atoms with van der Waals surface area (Å²) in [6, 6.07) is 10.2. The van der Waals surface area contributed by atoms with Crippen LogP contribution in [0, 0.1) is 6.92 Å². The van der Waals surface area contributed by atoms with Gasteiger partial charge in [-0.2, -0.15) is 0 Å². The van der Waals surface area contributed by atoms with Crippen molar-refractivity contribution in [3.63, 3.8) is 0 Å². The molecule has 4 rings (SSSR count). The fourth-order valence-electron chi connectivity index (χ4n) is 3.80. The van der Waals surface area contributed by atoms with Gasteiger partial charge in [-0.05, 0) is 31.5 Å². The fraction of sp³-hybridized carbons (Fsp3) is 0.273. The van der Waals surface area contributed by atoms with Crippen LogP contribution in [-0.2, 0) is 14.3 Å². The molecule has 3 heterocycles. The van der Waals surface area contributed by atoms with E-state index in [1.54, 1.807) is 32.4 Å². The van der Waals surface area contributed by atoms with Gasteiger partial charge in [-0.25, -0.2) is 0 Å². The summed E-state index contributed by atoms with van der Waals surface area (Å²) in [5.74, 6) is -0.477. The minimum Gasteiger partial charge on any atom is -0.507 e. The molecule has 3 aromatic rings. The highest BCUT2D eigenvalue weighted by Crippen LogP contribution is 2.41. The zero-order valence-electron chi connectivity index (χ0n) is 16.3. The fourth-order valence-corrected chi connectivity index (χ4v) is 3.80. The van der Waals surface area contributed by atoms with Gasteiger partial charge in [-0.3, -0.25) is 9.59 Å². The van der Waals surface area contributed by atoms with Gasteiger partial charge in [0.05, 0.1) is 5.57 Å². The van der Waals surface area contributed by atoms with Gasteiger partial charge in [-0.1, -0.05) is 18.2 Å². The van der Waals surface area contributed by atoms with Crippen molar-refractivity contribution in [3.05, 3.63) is 65.3 Å². The van der Waals surface area contributed by atoms with Crippen molar-refractivity contribution in [2.75, 3.05) is 20.3 Å². The van der Waals surface area contributed by atoms with Crippen LogP contribution in [0.25, 0.3) is 16.7 Å². The number of aliphatic hydroxyl groups is 1. The number of rotatable bonds is 6. The summed E-state index contributed by atoms with van der Waals surface area (Å²) in [4.78, 5) is 30.2. The first-order valence-corrected chi connectivity index (χ1v) is 9.43.